The van der Waals surface area contributed by atoms with Crippen molar-refractivity contribution in [2.45, 2.75) is 26.8 Å². The first kappa shape index (κ1) is 18.9. The van der Waals surface area contributed by atoms with Crippen LogP contribution in [0.2, 0.25) is 0 Å². The Hall–Kier alpha value is -2.40. The van der Waals surface area contributed by atoms with Gasteiger partial charge in [-0.05, 0) is 61.9 Å². The molecule has 0 bridgehead atoms. The molecule has 0 atom stereocenters. The van der Waals surface area contributed by atoms with Gasteiger partial charge in [0.05, 0.1) is 7.11 Å². The van der Waals surface area contributed by atoms with E-state index < -0.39 is 0 Å². The van der Waals surface area contributed by atoms with Crippen LogP contribution >= 0.6 is 0 Å². The van der Waals surface area contributed by atoms with Crippen molar-refractivity contribution in [3.8, 4) is 5.75 Å². The van der Waals surface area contributed by atoms with E-state index in [4.69, 9.17) is 4.74 Å². The van der Waals surface area contributed by atoms with E-state index in [1.165, 1.54) is 17.7 Å². The fourth-order valence-corrected chi connectivity index (χ4v) is 2.89. The number of nitrogens with one attached hydrogen (secondary N) is 1. The van der Waals surface area contributed by atoms with Crippen LogP contribution in [0.25, 0.3) is 0 Å². The minimum atomic E-state index is -0.317. The van der Waals surface area contributed by atoms with Crippen molar-refractivity contribution in [3.63, 3.8) is 0 Å². The van der Waals surface area contributed by atoms with E-state index >= 15 is 0 Å². The molecule has 2 aromatic carbocycles. The molecule has 1 amide bonds. The van der Waals surface area contributed by atoms with Crippen molar-refractivity contribution in [2.24, 2.45) is 0 Å². The van der Waals surface area contributed by atoms with Crippen molar-refractivity contribution < 1.29 is 13.9 Å². The predicted molar refractivity (Wildman–Crippen MR) is 98.4 cm³/mol. The van der Waals surface area contributed by atoms with Crippen LogP contribution in [-0.4, -0.2) is 31.5 Å². The number of aryl methyl sites for hydroxylation is 2. The highest BCUT2D eigenvalue weighted by atomic mass is 19.1. The van der Waals surface area contributed by atoms with Crippen LogP contribution in [-0.2, 0) is 11.3 Å². The van der Waals surface area contributed by atoms with Gasteiger partial charge in [0.25, 0.3) is 0 Å². The molecule has 2 aromatic rings. The van der Waals surface area contributed by atoms with Gasteiger partial charge in [-0.15, -0.1) is 0 Å². The van der Waals surface area contributed by atoms with E-state index in [9.17, 15) is 9.18 Å². The molecule has 0 aliphatic carbocycles. The van der Waals surface area contributed by atoms with Gasteiger partial charge in [-0.1, -0.05) is 12.1 Å². The maximum atomic E-state index is 12.9. The molecule has 0 saturated carbocycles. The van der Waals surface area contributed by atoms with Crippen LogP contribution in [0.3, 0.4) is 0 Å². The number of carbonyl (C=O) groups excluding carboxylic acids is 1. The molecule has 25 heavy (non-hydrogen) atoms. The van der Waals surface area contributed by atoms with Gasteiger partial charge in [0, 0.05) is 25.2 Å². The smallest absolute Gasteiger partial charge is 0.225 e. The Kier molecular flexibility index (Phi) is 6.53. The summed E-state index contributed by atoms with van der Waals surface area (Å²) in [5.41, 5.74) is 4.02. The van der Waals surface area contributed by atoms with Crippen molar-refractivity contribution in [1.29, 1.82) is 0 Å². The summed E-state index contributed by atoms with van der Waals surface area (Å²) in [5.74, 6) is 0.522. The lowest BCUT2D eigenvalue weighted by Gasteiger charge is -2.18. The zero-order valence-electron chi connectivity index (χ0n) is 15.2. The second-order valence-electron chi connectivity index (χ2n) is 6.31. The average Bonchev–Trinajstić information content (AvgIpc) is 2.55. The third kappa shape index (κ3) is 5.57. The molecule has 2 rings (SSSR count). The summed E-state index contributed by atoms with van der Waals surface area (Å²) in [4.78, 5) is 14.1. The Morgan fingerprint density at radius 3 is 2.32 bits per heavy atom. The molecule has 4 nitrogen and oxygen atoms in total. The van der Waals surface area contributed by atoms with Crippen molar-refractivity contribution in [1.82, 2.24) is 4.90 Å². The first-order chi connectivity index (χ1) is 11.9. The second-order valence-corrected chi connectivity index (χ2v) is 6.31. The maximum absolute atomic E-state index is 12.9. The van der Waals surface area contributed by atoms with Gasteiger partial charge in [0.1, 0.15) is 11.6 Å². The number of ether oxygens (including phenoxy) is 1. The first-order valence-corrected chi connectivity index (χ1v) is 8.27. The zero-order valence-corrected chi connectivity index (χ0v) is 15.2. The lowest BCUT2D eigenvalue weighted by Crippen LogP contribution is -2.24. The third-order valence-electron chi connectivity index (χ3n) is 4.03. The summed E-state index contributed by atoms with van der Waals surface area (Å²) in [6.45, 7) is 5.46. The molecule has 0 unspecified atom stereocenters. The molecule has 0 fully saturated rings. The summed E-state index contributed by atoms with van der Waals surface area (Å²) in [5, 5.41) is 2.77. The van der Waals surface area contributed by atoms with Crippen LogP contribution in [0.15, 0.2) is 36.4 Å². The van der Waals surface area contributed by atoms with Gasteiger partial charge >= 0.3 is 0 Å². The lowest BCUT2D eigenvalue weighted by atomic mass is 10.1. The lowest BCUT2D eigenvalue weighted by molar-refractivity contribution is -0.116. The number of amides is 1. The second kappa shape index (κ2) is 8.62. The van der Waals surface area contributed by atoms with Gasteiger partial charge in [0.2, 0.25) is 5.91 Å². The summed E-state index contributed by atoms with van der Waals surface area (Å²) < 4.78 is 18.3. The predicted octanol–water partition coefficient (Wildman–Crippen LogP) is 3.91. The van der Waals surface area contributed by atoms with Crippen LogP contribution in [0, 0.1) is 19.7 Å². The van der Waals surface area contributed by atoms with E-state index in [0.717, 1.165) is 23.4 Å². The summed E-state index contributed by atoms with van der Waals surface area (Å²) in [6.07, 6.45) is 0.377. The number of halogens is 1. The molecule has 134 valence electrons. The number of methoxy groups -OCH3 is 1. The maximum Gasteiger partial charge on any atom is 0.225 e. The average molecular weight is 344 g/mol. The number of carbonyl (C=O) groups is 1. The molecule has 0 aliphatic rings. The normalized spacial score (nSPS) is 10.8. The van der Waals surface area contributed by atoms with Gasteiger partial charge in [-0.3, -0.25) is 4.79 Å². The van der Waals surface area contributed by atoms with E-state index in [-0.39, 0.29) is 11.7 Å². The van der Waals surface area contributed by atoms with E-state index in [2.05, 4.69) is 22.3 Å². The quantitative estimate of drug-likeness (QED) is 0.828. The van der Waals surface area contributed by atoms with E-state index in [1.807, 2.05) is 20.9 Å². The Labute approximate surface area is 148 Å². The highest BCUT2D eigenvalue weighted by Crippen LogP contribution is 2.24. The fraction of sp³-hybridized carbons (Fsp3) is 0.350. The van der Waals surface area contributed by atoms with Crippen LogP contribution < -0.4 is 10.1 Å². The highest BCUT2D eigenvalue weighted by molar-refractivity contribution is 5.90. The standard InChI is InChI=1S/C20H25FN2O2/c1-14-11-16(12-15(2)20(14)25-4)13-23(3)10-9-19(24)22-18-7-5-17(21)6-8-18/h5-8,11-12H,9-10,13H2,1-4H3,(H,22,24). The molecule has 0 aliphatic heterocycles. The molecule has 1 N–H and O–H groups in total. The molecule has 0 radical (unpaired) electrons. The summed E-state index contributed by atoms with van der Waals surface area (Å²) in [6, 6.07) is 9.99. The number of anilines is 1. The molecule has 0 saturated heterocycles. The topological polar surface area (TPSA) is 41.6 Å². The number of nitrogens with zero attached hydrogens (tertiary/aromatic N) is 1. The Bertz CT molecular complexity index is 706. The Morgan fingerprint density at radius 2 is 1.76 bits per heavy atom. The third-order valence-corrected chi connectivity index (χ3v) is 4.03. The first-order valence-electron chi connectivity index (χ1n) is 8.27. The van der Waals surface area contributed by atoms with Crippen LogP contribution in [0.5, 0.6) is 5.75 Å². The van der Waals surface area contributed by atoms with Crippen LogP contribution in [0.4, 0.5) is 10.1 Å². The van der Waals surface area contributed by atoms with E-state index in [0.29, 0.717) is 18.7 Å². The minimum absolute atomic E-state index is 0.0828. The van der Waals surface area contributed by atoms with Crippen LogP contribution in [0.1, 0.15) is 23.1 Å². The number of hydrogen-bond donors (Lipinski definition) is 1. The van der Waals surface area contributed by atoms with Crippen molar-refractivity contribution >= 4 is 11.6 Å². The monoisotopic (exact) mass is 344 g/mol. The number of benzene rings is 2. The SMILES string of the molecule is COc1c(C)cc(CN(C)CCC(=O)Nc2ccc(F)cc2)cc1C. The largest absolute Gasteiger partial charge is 0.496 e. The molecule has 5 heteroatoms. The van der Waals surface area contributed by atoms with Gasteiger partial charge in [-0.2, -0.15) is 0 Å². The number of rotatable bonds is 7. The summed E-state index contributed by atoms with van der Waals surface area (Å²) in [7, 11) is 3.67. The van der Waals surface area contributed by atoms with Gasteiger partial charge in [0.15, 0.2) is 0 Å². The zero-order chi connectivity index (χ0) is 18.4. The van der Waals surface area contributed by atoms with E-state index in [1.54, 1.807) is 19.2 Å². The highest BCUT2D eigenvalue weighted by Gasteiger charge is 2.09. The molecular formula is C20H25FN2O2. The fourth-order valence-electron chi connectivity index (χ4n) is 2.89. The summed E-state index contributed by atoms with van der Waals surface area (Å²) >= 11 is 0. The van der Waals surface area contributed by atoms with Crippen molar-refractivity contribution in [2.75, 3.05) is 26.0 Å². The van der Waals surface area contributed by atoms with Crippen molar-refractivity contribution in [3.05, 3.63) is 58.9 Å². The van der Waals surface area contributed by atoms with Gasteiger partial charge < -0.3 is 15.0 Å². The molecule has 0 spiro atoms. The Morgan fingerprint density at radius 1 is 1.16 bits per heavy atom. The minimum Gasteiger partial charge on any atom is -0.496 e. The van der Waals surface area contributed by atoms with Gasteiger partial charge in [-0.25, -0.2) is 4.39 Å². The molecule has 0 aromatic heterocycles. The Balaban J connectivity index is 1.85. The molecular weight excluding hydrogens is 319 g/mol. The number of hydrogen-bond acceptors (Lipinski definition) is 3. The molecule has 0 heterocycles.